The maximum atomic E-state index is 13.8. The molecule has 0 fully saturated rings. The predicted molar refractivity (Wildman–Crippen MR) is 136 cm³/mol. The molecule has 0 saturated heterocycles. The van der Waals surface area contributed by atoms with Crippen LogP contribution in [0.15, 0.2) is 65.8 Å². The summed E-state index contributed by atoms with van der Waals surface area (Å²) in [5, 5.41) is 8.59. The zero-order chi connectivity index (χ0) is 26.0. The van der Waals surface area contributed by atoms with Gasteiger partial charge in [0.05, 0.1) is 16.8 Å². The molecule has 0 amide bonds. The number of nitrogens with zero attached hydrogens (tertiary/aromatic N) is 3. The zero-order valence-corrected chi connectivity index (χ0v) is 21.5. The molecule has 0 radical (unpaired) electrons. The first-order chi connectivity index (χ1) is 16.3. The van der Waals surface area contributed by atoms with Gasteiger partial charge in [0.2, 0.25) is 16.0 Å². The number of halogens is 1. The minimum Gasteiger partial charge on any atom is -0.459 e. The first-order valence-electron chi connectivity index (χ1n) is 10.8. The minimum atomic E-state index is -4.15. The molecule has 11 heteroatoms. The van der Waals surface area contributed by atoms with Gasteiger partial charge in [0.25, 0.3) is 0 Å². The van der Waals surface area contributed by atoms with E-state index in [9.17, 15) is 13.2 Å². The van der Waals surface area contributed by atoms with Crippen molar-refractivity contribution in [2.24, 2.45) is 5.73 Å². The van der Waals surface area contributed by atoms with Crippen LogP contribution < -0.4 is 10.2 Å². The Bertz CT molecular complexity index is 1340. The Balaban J connectivity index is 2.08. The molecule has 3 aromatic rings. The molecule has 3 rings (SSSR count). The van der Waals surface area contributed by atoms with Gasteiger partial charge in [-0.1, -0.05) is 36.4 Å². The second kappa shape index (κ2) is 10.2. The first-order valence-corrected chi connectivity index (χ1v) is 12.6. The van der Waals surface area contributed by atoms with Crippen molar-refractivity contribution in [3.63, 3.8) is 0 Å². The first kappa shape index (κ1) is 26.4. The van der Waals surface area contributed by atoms with Gasteiger partial charge in [-0.3, -0.25) is 15.2 Å². The molecule has 1 heterocycles. The summed E-state index contributed by atoms with van der Waals surface area (Å²) in [6.07, 6.45) is 2.92. The number of carbonyl (C=O) groups excluding carboxylic acids is 1. The SMILES string of the molecule is C[C@@H](C(=O)OC(C)(C)C)N(Cc1ccccc1)S(=O)(=O)c1ccc2c(N(Cl)C(=N)N)cncc2c1. The van der Waals surface area contributed by atoms with E-state index in [1.807, 2.05) is 6.07 Å². The standard InChI is InChI=1S/C24H28ClN5O4S/c1-16(22(31)34-24(2,3)4)29(15-17-8-6-5-7-9-17)35(32,33)19-10-11-20-18(12-19)13-28-14-21(20)30(25)23(26)27/h5-14,16H,15H2,1-4H3,(H3,26,27)/t16-/m0/s1. The molecule has 1 aromatic heterocycles. The number of benzene rings is 2. The number of aromatic nitrogens is 1. The van der Waals surface area contributed by atoms with Gasteiger partial charge in [0, 0.05) is 35.3 Å². The molecule has 0 aliphatic carbocycles. The van der Waals surface area contributed by atoms with Gasteiger partial charge in [-0.2, -0.15) is 4.31 Å². The minimum absolute atomic E-state index is 0.0281. The van der Waals surface area contributed by atoms with Gasteiger partial charge < -0.3 is 10.5 Å². The van der Waals surface area contributed by atoms with Crippen LogP contribution in [0, 0.1) is 5.41 Å². The van der Waals surface area contributed by atoms with Crippen molar-refractivity contribution >= 4 is 50.2 Å². The normalized spacial score (nSPS) is 13.0. The summed E-state index contributed by atoms with van der Waals surface area (Å²) >= 11 is 6.09. The van der Waals surface area contributed by atoms with Gasteiger partial charge in [-0.15, -0.1) is 0 Å². The third-order valence-corrected chi connectivity index (χ3v) is 7.38. The van der Waals surface area contributed by atoms with Crippen molar-refractivity contribution in [1.82, 2.24) is 9.29 Å². The number of nitrogens with one attached hydrogen (secondary N) is 1. The molecule has 0 bridgehead atoms. The number of esters is 1. The molecule has 9 nitrogen and oxygen atoms in total. The van der Waals surface area contributed by atoms with Crippen LogP contribution in [0.2, 0.25) is 0 Å². The van der Waals surface area contributed by atoms with E-state index in [4.69, 9.17) is 27.7 Å². The Kier molecular flexibility index (Phi) is 7.68. The molecule has 0 unspecified atom stereocenters. The fraction of sp³-hybridized carbons (Fsp3) is 0.292. The summed E-state index contributed by atoms with van der Waals surface area (Å²) in [5.74, 6) is -1.06. The summed E-state index contributed by atoms with van der Waals surface area (Å²) in [6.45, 7) is 6.65. The summed E-state index contributed by atoms with van der Waals surface area (Å²) in [5.41, 5.74) is 5.76. The van der Waals surface area contributed by atoms with Crippen LogP contribution in [0.25, 0.3) is 10.8 Å². The van der Waals surface area contributed by atoms with E-state index in [0.29, 0.717) is 16.5 Å². The van der Waals surface area contributed by atoms with Crippen molar-refractivity contribution in [2.45, 2.75) is 50.8 Å². The third-order valence-electron chi connectivity index (χ3n) is 5.10. The Morgan fingerprint density at radius 1 is 1.17 bits per heavy atom. The number of ether oxygens (including phenoxy) is 1. The van der Waals surface area contributed by atoms with Crippen LogP contribution in [0.4, 0.5) is 5.69 Å². The number of pyridine rings is 1. The van der Waals surface area contributed by atoms with E-state index in [-0.39, 0.29) is 11.4 Å². The van der Waals surface area contributed by atoms with Crippen molar-refractivity contribution in [3.05, 3.63) is 66.5 Å². The van der Waals surface area contributed by atoms with E-state index in [0.717, 1.165) is 14.3 Å². The fourth-order valence-electron chi connectivity index (χ4n) is 3.42. The molecule has 0 spiro atoms. The van der Waals surface area contributed by atoms with E-state index in [1.54, 1.807) is 51.1 Å². The molecule has 2 aromatic carbocycles. The van der Waals surface area contributed by atoms with E-state index in [2.05, 4.69) is 4.98 Å². The summed E-state index contributed by atoms with van der Waals surface area (Å²) < 4.78 is 35.2. The van der Waals surface area contributed by atoms with Crippen LogP contribution >= 0.6 is 11.8 Å². The average molecular weight is 518 g/mol. The highest BCUT2D eigenvalue weighted by molar-refractivity contribution is 7.89. The fourth-order valence-corrected chi connectivity index (χ4v) is 5.16. The number of rotatable bonds is 7. The second-order valence-electron chi connectivity index (χ2n) is 8.95. The highest BCUT2D eigenvalue weighted by atomic mass is 35.5. The maximum Gasteiger partial charge on any atom is 0.324 e. The van der Waals surface area contributed by atoms with Crippen molar-refractivity contribution in [2.75, 3.05) is 4.42 Å². The lowest BCUT2D eigenvalue weighted by Crippen LogP contribution is -2.45. The third kappa shape index (κ3) is 6.08. The smallest absolute Gasteiger partial charge is 0.324 e. The summed E-state index contributed by atoms with van der Waals surface area (Å²) in [4.78, 5) is 16.9. The molecule has 1 atom stereocenters. The van der Waals surface area contributed by atoms with E-state index >= 15 is 0 Å². The number of hydrogen-bond donors (Lipinski definition) is 2. The number of anilines is 1. The monoisotopic (exact) mass is 517 g/mol. The van der Waals surface area contributed by atoms with E-state index in [1.165, 1.54) is 31.5 Å². The number of nitrogens with two attached hydrogens (primary N) is 1. The molecule has 0 aliphatic rings. The largest absolute Gasteiger partial charge is 0.459 e. The Morgan fingerprint density at radius 2 is 1.83 bits per heavy atom. The van der Waals surface area contributed by atoms with E-state index < -0.39 is 33.6 Å². The second-order valence-corrected chi connectivity index (χ2v) is 11.2. The topological polar surface area (TPSA) is 130 Å². The number of hydrogen-bond acceptors (Lipinski definition) is 6. The number of guanidine groups is 1. The molecule has 186 valence electrons. The van der Waals surface area contributed by atoms with Gasteiger partial charge in [-0.25, -0.2) is 12.8 Å². The molecule has 35 heavy (non-hydrogen) atoms. The van der Waals surface area contributed by atoms with Crippen molar-refractivity contribution < 1.29 is 17.9 Å². The van der Waals surface area contributed by atoms with Crippen LogP contribution in [-0.2, 0) is 26.1 Å². The maximum absolute atomic E-state index is 13.8. The predicted octanol–water partition coefficient (Wildman–Crippen LogP) is 4.01. The van der Waals surface area contributed by atoms with Crippen molar-refractivity contribution in [3.8, 4) is 0 Å². The van der Waals surface area contributed by atoms with Crippen LogP contribution in [0.1, 0.15) is 33.3 Å². The van der Waals surface area contributed by atoms with Gasteiger partial charge >= 0.3 is 5.97 Å². The molecule has 3 N–H and O–H groups in total. The average Bonchev–Trinajstić information content (AvgIpc) is 2.80. The Hall–Kier alpha value is -3.21. The molecule has 0 saturated carbocycles. The summed E-state index contributed by atoms with van der Waals surface area (Å²) in [6, 6.07) is 12.4. The van der Waals surface area contributed by atoms with Crippen LogP contribution in [0.3, 0.4) is 0 Å². The highest BCUT2D eigenvalue weighted by Gasteiger charge is 2.35. The van der Waals surface area contributed by atoms with Crippen LogP contribution in [0.5, 0.6) is 0 Å². The highest BCUT2D eigenvalue weighted by Crippen LogP contribution is 2.31. The number of sulfonamides is 1. The summed E-state index contributed by atoms with van der Waals surface area (Å²) in [7, 11) is -4.15. The molecule has 0 aliphatic heterocycles. The number of fused-ring (bicyclic) bond motifs is 1. The lowest BCUT2D eigenvalue weighted by Gasteiger charge is -2.30. The Morgan fingerprint density at radius 3 is 2.43 bits per heavy atom. The van der Waals surface area contributed by atoms with Gasteiger partial charge in [-0.05, 0) is 45.4 Å². The zero-order valence-electron chi connectivity index (χ0n) is 19.9. The molecular formula is C24H28ClN5O4S. The van der Waals surface area contributed by atoms with Gasteiger partial charge in [0.15, 0.2) is 0 Å². The lowest BCUT2D eigenvalue weighted by atomic mass is 10.1. The molecular weight excluding hydrogens is 490 g/mol. The Labute approximate surface area is 210 Å². The lowest BCUT2D eigenvalue weighted by molar-refractivity contribution is -0.159. The van der Waals surface area contributed by atoms with Crippen molar-refractivity contribution in [1.29, 1.82) is 5.41 Å². The quantitative estimate of drug-likeness (QED) is 0.209. The van der Waals surface area contributed by atoms with Gasteiger partial charge in [0.1, 0.15) is 11.6 Å². The number of carbonyl (C=O) groups is 1. The van der Waals surface area contributed by atoms with Crippen LogP contribution in [-0.4, -0.2) is 41.3 Å².